The third kappa shape index (κ3) is 3.54. The highest BCUT2D eigenvalue weighted by Gasteiger charge is 2.69. The average molecular weight is 555 g/mol. The maximum atomic E-state index is 13.7. The zero-order valence-electron chi connectivity index (χ0n) is 21.3. The molecule has 1 aromatic heterocycles. The van der Waals surface area contributed by atoms with Crippen LogP contribution in [0.4, 0.5) is 5.69 Å². The summed E-state index contributed by atoms with van der Waals surface area (Å²) in [5.74, 6) is -1.06. The highest BCUT2D eigenvalue weighted by molar-refractivity contribution is 8.00. The van der Waals surface area contributed by atoms with Gasteiger partial charge >= 0.3 is 4.87 Å². The number of likely N-dealkylation sites (tertiary alicyclic amines) is 1. The molecule has 7 rings (SSSR count). The van der Waals surface area contributed by atoms with Gasteiger partial charge in [-0.1, -0.05) is 23.5 Å². The van der Waals surface area contributed by atoms with Gasteiger partial charge in [-0.05, 0) is 41.9 Å². The van der Waals surface area contributed by atoms with Crippen molar-refractivity contribution in [3.05, 3.63) is 44.4 Å². The molecule has 2 bridgehead atoms. The maximum Gasteiger partial charge on any atom is 0.305 e. The topological polar surface area (TPSA) is 103 Å². The quantitative estimate of drug-likeness (QED) is 0.576. The lowest BCUT2D eigenvalue weighted by molar-refractivity contribution is -0.148. The number of nitrogens with zero attached hydrogens (tertiary/aromatic N) is 3. The number of hydrogen-bond acceptors (Lipinski definition) is 8. The van der Waals surface area contributed by atoms with Crippen LogP contribution in [0.3, 0.4) is 0 Å². The van der Waals surface area contributed by atoms with Gasteiger partial charge in [-0.25, -0.2) is 0 Å². The number of hydrogen-bond donors (Lipinski definition) is 1. The first-order valence-corrected chi connectivity index (χ1v) is 14.9. The maximum absolute atomic E-state index is 13.7. The van der Waals surface area contributed by atoms with Crippen LogP contribution in [0.25, 0.3) is 0 Å². The van der Waals surface area contributed by atoms with E-state index in [1.165, 1.54) is 16.2 Å². The number of rotatable bonds is 4. The van der Waals surface area contributed by atoms with Crippen LogP contribution in [0.15, 0.2) is 34.1 Å². The number of morpholine rings is 1. The van der Waals surface area contributed by atoms with Crippen LogP contribution in [-0.4, -0.2) is 84.7 Å². The lowest BCUT2D eigenvalue weighted by Crippen LogP contribution is -2.47. The van der Waals surface area contributed by atoms with Crippen LogP contribution < -0.4 is 9.77 Å². The van der Waals surface area contributed by atoms with Crippen molar-refractivity contribution in [3.63, 3.8) is 0 Å². The van der Waals surface area contributed by atoms with Crippen molar-refractivity contribution in [1.82, 2.24) is 14.8 Å². The Bertz CT molecular complexity index is 1360. The van der Waals surface area contributed by atoms with Gasteiger partial charge in [0.05, 0.1) is 30.1 Å². The number of nitrogens with one attached hydrogen (secondary N) is 1. The van der Waals surface area contributed by atoms with Gasteiger partial charge in [0.2, 0.25) is 17.7 Å². The molecule has 7 atom stereocenters. The minimum Gasteiger partial charge on any atom is -0.378 e. The molecule has 2 saturated heterocycles. The fourth-order valence-corrected chi connectivity index (χ4v) is 10.5. The summed E-state index contributed by atoms with van der Waals surface area (Å²) in [6.45, 7) is 1.76. The number of aromatic nitrogens is 1. The molecule has 0 radical (unpaired) electrons. The van der Waals surface area contributed by atoms with Gasteiger partial charge in [0.25, 0.3) is 0 Å². The molecule has 9 nitrogen and oxygen atoms in total. The van der Waals surface area contributed by atoms with Crippen molar-refractivity contribution >= 4 is 46.5 Å². The van der Waals surface area contributed by atoms with Gasteiger partial charge in [-0.15, -0.1) is 11.8 Å². The second-order valence-corrected chi connectivity index (χ2v) is 13.4. The van der Waals surface area contributed by atoms with Crippen molar-refractivity contribution in [2.75, 3.05) is 51.8 Å². The Morgan fingerprint density at radius 1 is 1.05 bits per heavy atom. The van der Waals surface area contributed by atoms with E-state index in [4.69, 9.17) is 4.74 Å². The predicted octanol–water partition coefficient (Wildman–Crippen LogP) is 1.83. The van der Waals surface area contributed by atoms with Crippen molar-refractivity contribution in [2.45, 2.75) is 22.6 Å². The molecule has 11 heteroatoms. The normalized spacial score (nSPS) is 33.4. The summed E-state index contributed by atoms with van der Waals surface area (Å²) in [6, 6.07) is 8.47. The van der Waals surface area contributed by atoms with Gasteiger partial charge in [0.15, 0.2) is 0 Å². The number of imide groups is 1. The summed E-state index contributed by atoms with van der Waals surface area (Å²) < 4.78 is 5.34. The molecule has 1 N–H and O–H groups in total. The molecule has 200 valence electrons. The second kappa shape index (κ2) is 8.96. The van der Waals surface area contributed by atoms with E-state index in [1.54, 1.807) is 16.7 Å². The molecule has 1 aromatic carbocycles. The Morgan fingerprint density at radius 2 is 1.74 bits per heavy atom. The molecule has 5 aliphatic rings. The van der Waals surface area contributed by atoms with Crippen LogP contribution in [0.5, 0.6) is 0 Å². The van der Waals surface area contributed by atoms with Crippen LogP contribution >= 0.6 is 23.1 Å². The first-order valence-electron chi connectivity index (χ1n) is 13.2. The SMILES string of the molecule is CN(C)c1ccc([C@H]2c3sc(=O)[nH]c3SC3C4CC(C5C(=O)N(CC(=O)N6CCOCC6)C(=O)C45)C32)cc1. The number of carbonyl (C=O) groups excluding carboxylic acids is 3. The third-order valence-corrected chi connectivity index (χ3v) is 11.8. The highest BCUT2D eigenvalue weighted by atomic mass is 32.2. The molecule has 2 saturated carbocycles. The first kappa shape index (κ1) is 24.4. The van der Waals surface area contributed by atoms with Gasteiger partial charge in [0, 0.05) is 48.9 Å². The van der Waals surface area contributed by atoms with Crippen LogP contribution in [-0.2, 0) is 19.1 Å². The van der Waals surface area contributed by atoms with Crippen molar-refractivity contribution in [3.8, 4) is 0 Å². The number of carbonyl (C=O) groups is 3. The summed E-state index contributed by atoms with van der Waals surface area (Å²) in [6.07, 6.45) is 0.839. The summed E-state index contributed by atoms with van der Waals surface area (Å²) in [5.41, 5.74) is 2.24. The number of anilines is 1. The van der Waals surface area contributed by atoms with Gasteiger partial charge in [-0.2, -0.15) is 0 Å². The van der Waals surface area contributed by atoms with Crippen LogP contribution in [0.2, 0.25) is 0 Å². The Morgan fingerprint density at radius 3 is 2.42 bits per heavy atom. The third-order valence-electron chi connectivity index (χ3n) is 9.24. The number of thiazole rings is 1. The van der Waals surface area contributed by atoms with E-state index in [9.17, 15) is 19.2 Å². The number of benzene rings is 1. The Labute approximate surface area is 228 Å². The van der Waals surface area contributed by atoms with Gasteiger partial charge < -0.3 is 19.5 Å². The Balaban J connectivity index is 1.21. The smallest absolute Gasteiger partial charge is 0.305 e. The largest absolute Gasteiger partial charge is 0.378 e. The summed E-state index contributed by atoms with van der Waals surface area (Å²) >= 11 is 2.95. The fourth-order valence-electron chi connectivity index (χ4n) is 7.64. The molecular weight excluding hydrogens is 524 g/mol. The molecule has 2 aromatic rings. The molecule has 2 aliphatic carbocycles. The van der Waals surface area contributed by atoms with E-state index >= 15 is 0 Å². The van der Waals surface area contributed by atoms with E-state index in [2.05, 4.69) is 34.1 Å². The Kier molecular flexibility index (Phi) is 5.75. The van der Waals surface area contributed by atoms with E-state index in [1.807, 2.05) is 14.1 Å². The van der Waals surface area contributed by atoms with Gasteiger partial charge in [0.1, 0.15) is 6.54 Å². The molecular formula is C27H30N4O5S2. The summed E-state index contributed by atoms with van der Waals surface area (Å²) in [5, 5.41) is 1.05. The minimum absolute atomic E-state index is 0.000652. The Hall–Kier alpha value is -2.63. The number of amides is 3. The zero-order chi connectivity index (χ0) is 26.3. The van der Waals surface area contributed by atoms with E-state index < -0.39 is 0 Å². The molecule has 6 unspecified atom stereocenters. The molecule has 3 aliphatic heterocycles. The standard InChI is InChI=1S/C27H30N4O5S2/c1-29(2)14-5-3-13(4-6-14)18-19-15-11-16(22(19)37-24-23(18)38-27(35)28-24)21-20(15)25(33)31(26(21)34)12-17(32)30-7-9-36-10-8-30/h3-6,15-16,18-22H,7-12H2,1-2H3,(H,28,35)/t15?,16?,18-,19?,20?,21?,22?/m1/s1. The predicted molar refractivity (Wildman–Crippen MR) is 143 cm³/mol. The molecule has 3 amide bonds. The molecule has 0 spiro atoms. The zero-order valence-corrected chi connectivity index (χ0v) is 22.9. The molecule has 4 heterocycles. The molecule has 4 fully saturated rings. The van der Waals surface area contributed by atoms with Crippen molar-refractivity contribution in [1.29, 1.82) is 0 Å². The lowest BCUT2D eigenvalue weighted by Gasteiger charge is -2.43. The van der Waals surface area contributed by atoms with E-state index in [0.29, 0.717) is 26.3 Å². The highest BCUT2D eigenvalue weighted by Crippen LogP contribution is 2.68. The van der Waals surface area contributed by atoms with E-state index in [-0.39, 0.29) is 69.9 Å². The second-order valence-electron chi connectivity index (χ2n) is 11.2. The first-order chi connectivity index (χ1) is 18.3. The summed E-state index contributed by atoms with van der Waals surface area (Å²) in [7, 11) is 4.01. The van der Waals surface area contributed by atoms with Crippen LogP contribution in [0.1, 0.15) is 22.8 Å². The monoisotopic (exact) mass is 554 g/mol. The van der Waals surface area contributed by atoms with Crippen molar-refractivity contribution in [2.24, 2.45) is 29.6 Å². The number of aromatic amines is 1. The van der Waals surface area contributed by atoms with E-state index in [0.717, 1.165) is 27.6 Å². The van der Waals surface area contributed by atoms with Crippen LogP contribution in [0, 0.1) is 29.6 Å². The number of thioether (sulfide) groups is 1. The molecule has 38 heavy (non-hydrogen) atoms. The van der Waals surface area contributed by atoms with Crippen molar-refractivity contribution < 1.29 is 19.1 Å². The van der Waals surface area contributed by atoms with Gasteiger partial charge in [-0.3, -0.25) is 24.1 Å². The number of fused-ring (bicyclic) bond motifs is 9. The fraction of sp³-hybridized carbons (Fsp3) is 0.556. The average Bonchev–Trinajstić information content (AvgIpc) is 3.65. The minimum atomic E-state index is -0.382. The summed E-state index contributed by atoms with van der Waals surface area (Å²) in [4.78, 5) is 61.7. The lowest BCUT2D eigenvalue weighted by atomic mass is 9.68. The number of ether oxygens (including phenoxy) is 1. The number of H-pyrrole nitrogens is 1.